The Balaban J connectivity index is 1.12. The van der Waals surface area contributed by atoms with Gasteiger partial charge in [0.25, 0.3) is 0 Å². The molecule has 358 valence electrons. The molecule has 0 radical (unpaired) electrons. The lowest BCUT2D eigenvalue weighted by molar-refractivity contribution is 0.627. The Morgan fingerprint density at radius 2 is 0.554 bits per heavy atom. The van der Waals surface area contributed by atoms with E-state index in [9.17, 15) is 0 Å². The average Bonchev–Trinajstić information content (AvgIpc) is 3.41. The molecule has 0 fully saturated rings. The van der Waals surface area contributed by atoms with Crippen molar-refractivity contribution in [2.75, 3.05) is 9.80 Å². The highest BCUT2D eigenvalue weighted by Crippen LogP contribution is 2.50. The van der Waals surface area contributed by atoms with Crippen molar-refractivity contribution in [2.45, 2.75) is 41.5 Å². The molecule has 0 atom stereocenters. The summed E-state index contributed by atoms with van der Waals surface area (Å²) in [5, 5.41) is 6.12. The van der Waals surface area contributed by atoms with Crippen molar-refractivity contribution in [1.29, 1.82) is 0 Å². The molecule has 0 saturated carbocycles. The maximum Gasteiger partial charge on any atom is 0.147 e. The van der Waals surface area contributed by atoms with Crippen LogP contribution >= 0.6 is 0 Å². The molecule has 74 heavy (non-hydrogen) atoms. The number of anilines is 6. The minimum Gasteiger partial charge on any atom is -0.307 e. The van der Waals surface area contributed by atoms with Crippen LogP contribution in [0.2, 0.25) is 0 Å². The van der Waals surface area contributed by atoms with Crippen molar-refractivity contribution in [3.8, 4) is 44.5 Å². The summed E-state index contributed by atoms with van der Waals surface area (Å²) in [6, 6.07) is 75.7. The van der Waals surface area contributed by atoms with Crippen molar-refractivity contribution in [1.82, 2.24) is 0 Å². The Morgan fingerprint density at radius 3 is 0.865 bits per heavy atom. The van der Waals surface area contributed by atoms with E-state index in [1.807, 2.05) is 38.1 Å². The molecule has 12 aromatic carbocycles. The summed E-state index contributed by atoms with van der Waals surface area (Å²) in [6.45, 7) is 12.3. The molecule has 12 aromatic rings. The first-order valence-electron chi connectivity index (χ1n) is 25.3. The molecular formula is C70H54F2N2. The van der Waals surface area contributed by atoms with Crippen LogP contribution in [-0.2, 0) is 0 Å². The minimum atomic E-state index is -0.315. The summed E-state index contributed by atoms with van der Waals surface area (Å²) in [5.41, 5.74) is 19.0. The molecular weight excluding hydrogens is 907 g/mol. The maximum atomic E-state index is 17.0. The van der Waals surface area contributed by atoms with Crippen molar-refractivity contribution in [2.24, 2.45) is 0 Å². The van der Waals surface area contributed by atoms with Gasteiger partial charge < -0.3 is 9.80 Å². The van der Waals surface area contributed by atoms with E-state index >= 15 is 8.78 Å². The lowest BCUT2D eigenvalue weighted by atomic mass is 9.91. The normalized spacial score (nSPS) is 11.5. The van der Waals surface area contributed by atoms with E-state index in [0.29, 0.717) is 11.4 Å². The fraction of sp³-hybridized carbons (Fsp3) is 0.0857. The average molecular weight is 961 g/mol. The summed E-state index contributed by atoms with van der Waals surface area (Å²) < 4.78 is 34.0. The third-order valence-corrected chi connectivity index (χ3v) is 14.5. The van der Waals surface area contributed by atoms with E-state index in [1.54, 1.807) is 12.1 Å². The highest BCUT2D eigenvalue weighted by atomic mass is 19.1. The van der Waals surface area contributed by atoms with E-state index in [0.717, 1.165) is 133 Å². The second-order valence-electron chi connectivity index (χ2n) is 20.2. The fourth-order valence-corrected chi connectivity index (χ4v) is 11.0. The van der Waals surface area contributed by atoms with Crippen molar-refractivity contribution >= 4 is 66.4 Å². The van der Waals surface area contributed by atoms with Crippen molar-refractivity contribution in [3.05, 3.63) is 263 Å². The van der Waals surface area contributed by atoms with Crippen molar-refractivity contribution < 1.29 is 8.78 Å². The number of nitrogens with zero attached hydrogens (tertiary/aromatic N) is 2. The number of benzene rings is 12. The first kappa shape index (κ1) is 46.2. The fourth-order valence-electron chi connectivity index (χ4n) is 11.0. The van der Waals surface area contributed by atoms with Crippen LogP contribution in [0.15, 0.2) is 218 Å². The molecule has 0 aliphatic heterocycles. The minimum absolute atomic E-state index is 0.315. The number of halogens is 2. The molecule has 0 aromatic heterocycles. The molecule has 0 N–H and O–H groups in total. The summed E-state index contributed by atoms with van der Waals surface area (Å²) in [4.78, 5) is 4.19. The third-order valence-electron chi connectivity index (χ3n) is 14.5. The van der Waals surface area contributed by atoms with Gasteiger partial charge in [-0.3, -0.25) is 0 Å². The van der Waals surface area contributed by atoms with Crippen LogP contribution in [0.1, 0.15) is 33.4 Å². The molecule has 0 bridgehead atoms. The van der Waals surface area contributed by atoms with E-state index in [-0.39, 0.29) is 11.6 Å². The molecule has 0 spiro atoms. The van der Waals surface area contributed by atoms with Gasteiger partial charge in [0.2, 0.25) is 0 Å². The zero-order valence-electron chi connectivity index (χ0n) is 42.4. The summed E-state index contributed by atoms with van der Waals surface area (Å²) in [5.74, 6) is -0.630. The Kier molecular flexibility index (Phi) is 11.6. The largest absolute Gasteiger partial charge is 0.307 e. The van der Waals surface area contributed by atoms with Crippen LogP contribution < -0.4 is 9.80 Å². The Morgan fingerprint density at radius 1 is 0.257 bits per heavy atom. The predicted molar refractivity (Wildman–Crippen MR) is 310 cm³/mol. The number of hydrogen-bond acceptors (Lipinski definition) is 2. The smallest absolute Gasteiger partial charge is 0.147 e. The molecule has 4 heteroatoms. The van der Waals surface area contributed by atoms with Gasteiger partial charge in [-0.15, -0.1) is 0 Å². The highest BCUT2D eigenvalue weighted by molar-refractivity contribution is 6.28. The Bertz CT molecular complexity index is 3750. The SMILES string of the molecule is Cc1cccc(-c2cc(-c3cccc(C)c3)cc(N(c3ccc(C)cc3F)c3ccc4ccc5c(N(c6cc(-c7cccc(C)c7)cc(-c7cccc(C)c7)c6)c6ccc(C)cc6F)ccc6ccc3c4c65)c2)c1. The lowest BCUT2D eigenvalue weighted by Crippen LogP contribution is -2.13. The van der Waals surface area contributed by atoms with Crippen LogP contribution in [0, 0.1) is 53.2 Å². The van der Waals surface area contributed by atoms with E-state index < -0.39 is 0 Å². The Labute approximate surface area is 432 Å². The Hall–Kier alpha value is -8.86. The molecule has 0 amide bonds. The van der Waals surface area contributed by atoms with Gasteiger partial charge in [0, 0.05) is 22.1 Å². The second kappa shape index (κ2) is 18.6. The van der Waals surface area contributed by atoms with Gasteiger partial charge in [0.15, 0.2) is 0 Å². The van der Waals surface area contributed by atoms with Crippen LogP contribution in [-0.4, -0.2) is 0 Å². The van der Waals surface area contributed by atoms with Gasteiger partial charge in [-0.25, -0.2) is 8.78 Å². The molecule has 2 nitrogen and oxygen atoms in total. The van der Waals surface area contributed by atoms with Gasteiger partial charge in [-0.05, 0) is 192 Å². The van der Waals surface area contributed by atoms with Crippen LogP contribution in [0.3, 0.4) is 0 Å². The van der Waals surface area contributed by atoms with Gasteiger partial charge in [-0.2, -0.15) is 0 Å². The van der Waals surface area contributed by atoms with Crippen LogP contribution in [0.25, 0.3) is 76.8 Å². The monoisotopic (exact) mass is 960 g/mol. The van der Waals surface area contributed by atoms with Gasteiger partial charge >= 0.3 is 0 Å². The van der Waals surface area contributed by atoms with Crippen molar-refractivity contribution in [3.63, 3.8) is 0 Å². The first-order chi connectivity index (χ1) is 35.9. The topological polar surface area (TPSA) is 6.48 Å². The summed E-state index contributed by atoms with van der Waals surface area (Å²) >= 11 is 0. The number of aryl methyl sites for hydroxylation is 6. The zero-order valence-corrected chi connectivity index (χ0v) is 42.4. The number of rotatable bonds is 10. The lowest BCUT2D eigenvalue weighted by Gasteiger charge is -2.30. The highest BCUT2D eigenvalue weighted by Gasteiger charge is 2.26. The molecule has 0 saturated heterocycles. The predicted octanol–water partition coefficient (Wildman–Crippen LogP) is 20.3. The molecule has 0 unspecified atom stereocenters. The molecule has 0 heterocycles. The molecule has 0 aliphatic carbocycles. The standard InChI is InChI=1S/C70H54F2N2/c1-43-11-7-15-51(31-43)55-37-56(52-16-8-12-44(2)32-52)40-59(39-55)73(67-27-19-47(5)35-63(67)71)65-29-23-49-22-26-62-66(30-24-50-21-25-61(65)69(49)70(50)62)74(68-28-20-48(6)36-64(68)72)60-41-57(53-17-9-13-45(3)33-53)38-58(42-60)54-18-10-14-46(4)34-54/h7-42H,1-6H3. The van der Waals surface area contributed by atoms with Gasteiger partial charge in [-0.1, -0.05) is 168 Å². The van der Waals surface area contributed by atoms with Gasteiger partial charge in [0.1, 0.15) is 11.6 Å². The zero-order chi connectivity index (χ0) is 50.8. The maximum absolute atomic E-state index is 17.0. The molecule has 12 rings (SSSR count). The quantitative estimate of drug-likeness (QED) is 0.126. The van der Waals surface area contributed by atoms with Crippen LogP contribution in [0.5, 0.6) is 0 Å². The van der Waals surface area contributed by atoms with Crippen LogP contribution in [0.4, 0.5) is 42.9 Å². The number of hydrogen-bond donors (Lipinski definition) is 0. The first-order valence-corrected chi connectivity index (χ1v) is 25.3. The summed E-state index contributed by atoms with van der Waals surface area (Å²) in [7, 11) is 0. The van der Waals surface area contributed by atoms with E-state index in [2.05, 4.69) is 219 Å². The van der Waals surface area contributed by atoms with Gasteiger partial charge in [0.05, 0.1) is 22.7 Å². The molecule has 0 aliphatic rings. The second-order valence-corrected chi connectivity index (χ2v) is 20.2. The van der Waals surface area contributed by atoms with E-state index in [1.165, 1.54) is 0 Å². The summed E-state index contributed by atoms with van der Waals surface area (Å²) in [6.07, 6.45) is 0. The van der Waals surface area contributed by atoms with E-state index in [4.69, 9.17) is 0 Å². The third kappa shape index (κ3) is 8.52.